The summed E-state index contributed by atoms with van der Waals surface area (Å²) in [5.41, 5.74) is 1.46. The number of halogens is 2. The van der Waals surface area contributed by atoms with E-state index in [2.05, 4.69) is 16.0 Å². The summed E-state index contributed by atoms with van der Waals surface area (Å²) in [7, 11) is 1.64. The van der Waals surface area contributed by atoms with Crippen LogP contribution in [0.25, 0.3) is 22.2 Å². The molecule has 23 heavy (non-hydrogen) atoms. The predicted molar refractivity (Wildman–Crippen MR) is 89.7 cm³/mol. The largest absolute Gasteiger partial charge is 0.299 e. The highest BCUT2D eigenvalue weighted by Gasteiger charge is 2.16. The lowest BCUT2D eigenvalue weighted by Gasteiger charge is -2.10. The van der Waals surface area contributed by atoms with Gasteiger partial charge in [0.1, 0.15) is 16.5 Å². The van der Waals surface area contributed by atoms with Crippen LogP contribution < -0.4 is 5.56 Å². The molecule has 114 valence electrons. The molecule has 3 aromatic rings. The Morgan fingerprint density at radius 2 is 1.96 bits per heavy atom. The summed E-state index contributed by atoms with van der Waals surface area (Å²) < 4.78 is 1.44. The Hall–Kier alpha value is -2.42. The number of hydrogen-bond donors (Lipinski definition) is 0. The van der Waals surface area contributed by atoms with Crippen molar-refractivity contribution in [3.63, 3.8) is 0 Å². The zero-order valence-electron chi connectivity index (χ0n) is 12.3. The Morgan fingerprint density at radius 3 is 2.65 bits per heavy atom. The van der Waals surface area contributed by atoms with Crippen LogP contribution >= 0.6 is 23.2 Å². The van der Waals surface area contributed by atoms with Crippen LogP contribution in [0.5, 0.6) is 0 Å². The van der Waals surface area contributed by atoms with Gasteiger partial charge in [-0.2, -0.15) is 5.26 Å². The second-order valence-corrected chi connectivity index (χ2v) is 5.84. The van der Waals surface area contributed by atoms with E-state index in [0.717, 1.165) is 0 Å². The lowest BCUT2D eigenvalue weighted by molar-refractivity contribution is 0.792. The van der Waals surface area contributed by atoms with Crippen LogP contribution in [-0.4, -0.2) is 14.5 Å². The van der Waals surface area contributed by atoms with E-state index in [1.807, 2.05) is 0 Å². The van der Waals surface area contributed by atoms with Gasteiger partial charge in [-0.05, 0) is 31.2 Å². The van der Waals surface area contributed by atoms with Crippen molar-refractivity contribution in [1.29, 1.82) is 5.26 Å². The average molecular weight is 345 g/mol. The van der Waals surface area contributed by atoms with Gasteiger partial charge in [-0.3, -0.25) is 9.36 Å². The van der Waals surface area contributed by atoms with Crippen molar-refractivity contribution in [3.8, 4) is 17.3 Å². The molecule has 0 unspecified atom stereocenters. The zero-order chi connectivity index (χ0) is 16.7. The number of aromatic nitrogens is 3. The van der Waals surface area contributed by atoms with Crippen LogP contribution in [0, 0.1) is 18.3 Å². The third-order valence-corrected chi connectivity index (χ3v) is 4.04. The topological polar surface area (TPSA) is 71.6 Å². The monoisotopic (exact) mass is 344 g/mol. The van der Waals surface area contributed by atoms with Gasteiger partial charge in [-0.15, -0.1) is 0 Å². The molecule has 5 nitrogen and oxygen atoms in total. The van der Waals surface area contributed by atoms with Crippen molar-refractivity contribution in [2.24, 2.45) is 7.05 Å². The van der Waals surface area contributed by atoms with Gasteiger partial charge in [-0.25, -0.2) is 9.97 Å². The molecule has 2 aromatic heterocycles. The van der Waals surface area contributed by atoms with Gasteiger partial charge in [0.15, 0.2) is 0 Å². The zero-order valence-corrected chi connectivity index (χ0v) is 13.8. The SMILES string of the molecule is Cc1nc2c(-c3ccc(Cl)cc3C#N)nc(Cl)cc2c(=O)n1C. The first kappa shape index (κ1) is 15.5. The number of nitriles is 1. The molecule has 0 fully saturated rings. The maximum absolute atomic E-state index is 12.4. The molecule has 0 spiro atoms. The summed E-state index contributed by atoms with van der Waals surface area (Å²) in [6.45, 7) is 1.73. The average Bonchev–Trinajstić information content (AvgIpc) is 2.53. The molecule has 3 rings (SSSR count). The normalized spacial score (nSPS) is 10.7. The maximum atomic E-state index is 12.4. The molecule has 1 aromatic carbocycles. The van der Waals surface area contributed by atoms with E-state index in [1.54, 1.807) is 32.2 Å². The van der Waals surface area contributed by atoms with Crippen LogP contribution in [0.15, 0.2) is 29.1 Å². The molecule has 7 heteroatoms. The van der Waals surface area contributed by atoms with Crippen LogP contribution in [0.1, 0.15) is 11.4 Å². The van der Waals surface area contributed by atoms with E-state index in [4.69, 9.17) is 23.2 Å². The first-order valence-electron chi connectivity index (χ1n) is 6.66. The number of aryl methyl sites for hydroxylation is 1. The summed E-state index contributed by atoms with van der Waals surface area (Å²) in [5.74, 6) is 0.542. The summed E-state index contributed by atoms with van der Waals surface area (Å²) in [5, 5.41) is 10.3. The van der Waals surface area contributed by atoms with Crippen molar-refractivity contribution in [3.05, 3.63) is 56.2 Å². The van der Waals surface area contributed by atoms with Crippen molar-refractivity contribution >= 4 is 34.1 Å². The lowest BCUT2D eigenvalue weighted by Crippen LogP contribution is -2.21. The molecule has 0 bridgehead atoms. The van der Waals surface area contributed by atoms with E-state index in [0.29, 0.717) is 38.6 Å². The fraction of sp³-hybridized carbons (Fsp3) is 0.125. The Labute approximate surface area is 141 Å². The molecule has 0 radical (unpaired) electrons. The Morgan fingerprint density at radius 1 is 1.22 bits per heavy atom. The predicted octanol–water partition coefficient (Wildman–Crippen LogP) is 3.48. The quantitative estimate of drug-likeness (QED) is 0.633. The number of hydrogen-bond acceptors (Lipinski definition) is 4. The minimum atomic E-state index is -0.217. The number of pyridine rings is 1. The smallest absolute Gasteiger partial charge is 0.261 e. The standard InChI is InChI=1S/C16H10Cl2N4O/c1-8-20-15-12(16(23)22(8)2)6-13(18)21-14(15)11-4-3-10(17)5-9(11)7-19/h3-6H,1-2H3. The molecule has 0 aliphatic carbocycles. The highest BCUT2D eigenvalue weighted by Crippen LogP contribution is 2.30. The summed E-state index contributed by atoms with van der Waals surface area (Å²) in [6, 6.07) is 8.43. The minimum Gasteiger partial charge on any atom is -0.299 e. The van der Waals surface area contributed by atoms with Gasteiger partial charge in [0.2, 0.25) is 0 Å². The Balaban J connectivity index is 2.49. The molecule has 0 aliphatic rings. The number of benzene rings is 1. The van der Waals surface area contributed by atoms with Gasteiger partial charge in [0.05, 0.1) is 22.7 Å². The van der Waals surface area contributed by atoms with Crippen LogP contribution in [0.4, 0.5) is 0 Å². The van der Waals surface area contributed by atoms with Gasteiger partial charge < -0.3 is 0 Å². The molecule has 0 saturated heterocycles. The molecule has 0 atom stereocenters. The first-order valence-corrected chi connectivity index (χ1v) is 7.42. The maximum Gasteiger partial charge on any atom is 0.261 e. The second-order valence-electron chi connectivity index (χ2n) is 5.01. The first-order chi connectivity index (χ1) is 10.9. The van der Waals surface area contributed by atoms with Crippen LogP contribution in [0.3, 0.4) is 0 Å². The fourth-order valence-electron chi connectivity index (χ4n) is 2.35. The third kappa shape index (κ3) is 2.56. The molecule has 0 saturated carbocycles. The second kappa shape index (κ2) is 5.65. The highest BCUT2D eigenvalue weighted by atomic mass is 35.5. The summed E-state index contributed by atoms with van der Waals surface area (Å²) in [4.78, 5) is 21.2. The Bertz CT molecular complexity index is 1050. The van der Waals surface area contributed by atoms with Gasteiger partial charge in [0.25, 0.3) is 5.56 Å². The molecule has 2 heterocycles. The Kier molecular flexibility index (Phi) is 3.80. The van der Waals surface area contributed by atoms with Crippen molar-refractivity contribution < 1.29 is 0 Å². The molecular weight excluding hydrogens is 335 g/mol. The van der Waals surface area contributed by atoms with Gasteiger partial charge in [-0.1, -0.05) is 23.2 Å². The molecular formula is C16H10Cl2N4O. The van der Waals surface area contributed by atoms with E-state index in [-0.39, 0.29) is 10.7 Å². The molecule has 0 N–H and O–H groups in total. The number of rotatable bonds is 1. The fourth-order valence-corrected chi connectivity index (χ4v) is 2.72. The third-order valence-electron chi connectivity index (χ3n) is 3.61. The molecule has 0 amide bonds. The van der Waals surface area contributed by atoms with Crippen LogP contribution in [0.2, 0.25) is 10.2 Å². The molecule has 0 aliphatic heterocycles. The minimum absolute atomic E-state index is 0.161. The highest BCUT2D eigenvalue weighted by molar-refractivity contribution is 6.31. The van der Waals surface area contributed by atoms with Gasteiger partial charge >= 0.3 is 0 Å². The van der Waals surface area contributed by atoms with Crippen molar-refractivity contribution in [2.75, 3.05) is 0 Å². The van der Waals surface area contributed by atoms with E-state index in [9.17, 15) is 10.1 Å². The number of fused-ring (bicyclic) bond motifs is 1. The van der Waals surface area contributed by atoms with Crippen molar-refractivity contribution in [2.45, 2.75) is 6.92 Å². The summed E-state index contributed by atoms with van der Waals surface area (Å²) in [6.07, 6.45) is 0. The van der Waals surface area contributed by atoms with E-state index in [1.165, 1.54) is 10.6 Å². The summed E-state index contributed by atoms with van der Waals surface area (Å²) >= 11 is 12.0. The van der Waals surface area contributed by atoms with Gasteiger partial charge in [0, 0.05) is 17.6 Å². The van der Waals surface area contributed by atoms with E-state index >= 15 is 0 Å². The number of nitrogens with zero attached hydrogens (tertiary/aromatic N) is 4. The van der Waals surface area contributed by atoms with Crippen molar-refractivity contribution in [1.82, 2.24) is 14.5 Å². The van der Waals surface area contributed by atoms with Crippen LogP contribution in [-0.2, 0) is 7.05 Å². The lowest BCUT2D eigenvalue weighted by atomic mass is 10.0. The van der Waals surface area contributed by atoms with E-state index < -0.39 is 0 Å².